The molecule has 0 fully saturated rings. The molecule has 0 heterocycles. The molecule has 1 atom stereocenters. The Balaban J connectivity index is 2.74. The van der Waals surface area contributed by atoms with Crippen molar-refractivity contribution < 1.29 is 4.39 Å². The van der Waals surface area contributed by atoms with Crippen LogP contribution in [0.1, 0.15) is 13.3 Å². The molecule has 1 rings (SSSR count). The van der Waals surface area contributed by atoms with Gasteiger partial charge in [0, 0.05) is 5.33 Å². The second-order valence-electron chi connectivity index (χ2n) is 2.63. The van der Waals surface area contributed by atoms with Crippen molar-refractivity contribution >= 4 is 15.9 Å². The van der Waals surface area contributed by atoms with Crippen molar-refractivity contribution in [1.29, 1.82) is 0 Å². The average Bonchev–Trinajstić information content (AvgIpc) is 1.94. The minimum Gasteiger partial charge on any atom is -0.207 e. The van der Waals surface area contributed by atoms with Crippen LogP contribution in [0.15, 0.2) is 23.6 Å². The Morgan fingerprint density at radius 2 is 2.50 bits per heavy atom. The van der Waals surface area contributed by atoms with Crippen LogP contribution in [0.2, 0.25) is 0 Å². The van der Waals surface area contributed by atoms with Crippen molar-refractivity contribution in [3.8, 4) is 0 Å². The van der Waals surface area contributed by atoms with Gasteiger partial charge < -0.3 is 0 Å². The molecule has 1 aliphatic carbocycles. The maximum atomic E-state index is 12.8. The van der Waals surface area contributed by atoms with Gasteiger partial charge in [-0.05, 0) is 24.0 Å². The van der Waals surface area contributed by atoms with Gasteiger partial charge in [-0.25, -0.2) is 4.39 Å². The normalized spacial score (nSPS) is 25.7. The lowest BCUT2D eigenvalue weighted by Crippen LogP contribution is -2.00. The van der Waals surface area contributed by atoms with Gasteiger partial charge in [-0.1, -0.05) is 28.9 Å². The summed E-state index contributed by atoms with van der Waals surface area (Å²) < 4.78 is 12.8. The summed E-state index contributed by atoms with van der Waals surface area (Å²) in [5.41, 5.74) is 0.884. The zero-order valence-corrected chi connectivity index (χ0v) is 7.49. The Morgan fingerprint density at radius 1 is 1.80 bits per heavy atom. The zero-order valence-electron chi connectivity index (χ0n) is 5.90. The summed E-state index contributed by atoms with van der Waals surface area (Å²) in [6.45, 7) is 2.09. The smallest absolute Gasteiger partial charge is 0.122 e. The van der Waals surface area contributed by atoms with Gasteiger partial charge in [-0.3, -0.25) is 0 Å². The van der Waals surface area contributed by atoms with E-state index in [1.165, 1.54) is 0 Å². The van der Waals surface area contributed by atoms with Gasteiger partial charge in [0.05, 0.1) is 0 Å². The molecule has 2 heteroatoms. The quantitative estimate of drug-likeness (QED) is 0.576. The van der Waals surface area contributed by atoms with E-state index in [1.54, 1.807) is 6.08 Å². The lowest BCUT2D eigenvalue weighted by atomic mass is 9.97. The van der Waals surface area contributed by atoms with Crippen molar-refractivity contribution in [2.75, 3.05) is 5.33 Å². The first-order chi connectivity index (χ1) is 4.74. The predicted molar refractivity (Wildman–Crippen MR) is 44.8 cm³/mol. The number of halogens is 2. The fraction of sp³-hybridized carbons (Fsp3) is 0.500. The standard InChI is InChI=1S/C8H10BrF/c1-6-2-3-8(10)7(4-6)5-9/h2-3,6H,4-5H2,1H3. The van der Waals surface area contributed by atoms with Gasteiger partial charge in [-0.2, -0.15) is 0 Å². The molecule has 0 aromatic rings. The van der Waals surface area contributed by atoms with Gasteiger partial charge in [0.25, 0.3) is 0 Å². The average molecular weight is 205 g/mol. The molecule has 10 heavy (non-hydrogen) atoms. The van der Waals surface area contributed by atoms with E-state index < -0.39 is 0 Å². The van der Waals surface area contributed by atoms with Gasteiger partial charge in [-0.15, -0.1) is 0 Å². The monoisotopic (exact) mass is 204 g/mol. The Morgan fingerprint density at radius 3 is 3.00 bits per heavy atom. The summed E-state index contributed by atoms with van der Waals surface area (Å²) in [5.74, 6) is 0.432. The van der Waals surface area contributed by atoms with Crippen LogP contribution in [0.25, 0.3) is 0 Å². The molecule has 1 aliphatic rings. The first-order valence-corrected chi connectivity index (χ1v) is 4.48. The molecule has 1 unspecified atom stereocenters. The van der Waals surface area contributed by atoms with Crippen LogP contribution in [0, 0.1) is 5.92 Å². The number of allylic oxidation sites excluding steroid dienone is 4. The summed E-state index contributed by atoms with van der Waals surface area (Å²) in [7, 11) is 0. The SMILES string of the molecule is CC1C=CC(F)=C(CBr)C1. The molecule has 0 saturated heterocycles. The topological polar surface area (TPSA) is 0 Å². The zero-order chi connectivity index (χ0) is 7.56. The van der Waals surface area contributed by atoms with Gasteiger partial charge in [0.15, 0.2) is 0 Å². The van der Waals surface area contributed by atoms with Crippen molar-refractivity contribution in [3.63, 3.8) is 0 Å². The largest absolute Gasteiger partial charge is 0.207 e. The molecule has 0 N–H and O–H groups in total. The Labute approximate surface area is 68.9 Å². The number of alkyl halides is 1. The highest BCUT2D eigenvalue weighted by Gasteiger charge is 2.11. The van der Waals surface area contributed by atoms with Crippen LogP contribution in [0.4, 0.5) is 4.39 Å². The first kappa shape index (κ1) is 7.99. The van der Waals surface area contributed by atoms with Crippen LogP contribution in [0.3, 0.4) is 0 Å². The molecule has 0 spiro atoms. The van der Waals surface area contributed by atoms with Crippen LogP contribution in [-0.2, 0) is 0 Å². The van der Waals surface area contributed by atoms with E-state index in [2.05, 4.69) is 22.9 Å². The summed E-state index contributed by atoms with van der Waals surface area (Å²) in [4.78, 5) is 0. The van der Waals surface area contributed by atoms with Crippen LogP contribution in [-0.4, -0.2) is 5.33 Å². The van der Waals surface area contributed by atoms with Crippen molar-refractivity contribution in [3.05, 3.63) is 23.6 Å². The van der Waals surface area contributed by atoms with E-state index in [4.69, 9.17) is 0 Å². The summed E-state index contributed by atoms with van der Waals surface area (Å²) in [6, 6.07) is 0. The third-order valence-electron chi connectivity index (χ3n) is 1.64. The second kappa shape index (κ2) is 3.33. The second-order valence-corrected chi connectivity index (χ2v) is 3.19. The molecule has 56 valence electrons. The molecule has 0 aromatic carbocycles. The maximum Gasteiger partial charge on any atom is 0.122 e. The summed E-state index contributed by atoms with van der Waals surface area (Å²) in [6.07, 6.45) is 4.32. The summed E-state index contributed by atoms with van der Waals surface area (Å²) >= 11 is 3.25. The lowest BCUT2D eigenvalue weighted by Gasteiger charge is -2.13. The molecular weight excluding hydrogens is 195 g/mol. The van der Waals surface area contributed by atoms with E-state index in [9.17, 15) is 4.39 Å². The highest BCUT2D eigenvalue weighted by molar-refractivity contribution is 9.09. The van der Waals surface area contributed by atoms with E-state index >= 15 is 0 Å². The lowest BCUT2D eigenvalue weighted by molar-refractivity contribution is 0.603. The molecule has 0 nitrogen and oxygen atoms in total. The van der Waals surface area contributed by atoms with Gasteiger partial charge >= 0.3 is 0 Å². The highest BCUT2D eigenvalue weighted by atomic mass is 79.9. The fourth-order valence-corrected chi connectivity index (χ4v) is 1.54. The molecule has 0 radical (unpaired) electrons. The van der Waals surface area contributed by atoms with Crippen molar-refractivity contribution in [1.82, 2.24) is 0 Å². The highest BCUT2D eigenvalue weighted by Crippen LogP contribution is 2.25. The molecular formula is C8H10BrF. The third kappa shape index (κ3) is 1.69. The Bertz CT molecular complexity index is 182. The minimum absolute atomic E-state index is 0.0602. The molecule has 0 aliphatic heterocycles. The van der Waals surface area contributed by atoms with E-state index in [1.807, 2.05) is 6.08 Å². The first-order valence-electron chi connectivity index (χ1n) is 3.35. The van der Waals surface area contributed by atoms with Crippen molar-refractivity contribution in [2.24, 2.45) is 5.92 Å². The van der Waals surface area contributed by atoms with Gasteiger partial charge in [0.2, 0.25) is 0 Å². The maximum absolute atomic E-state index is 12.8. The number of rotatable bonds is 1. The van der Waals surface area contributed by atoms with E-state index in [0.717, 1.165) is 12.0 Å². The third-order valence-corrected chi connectivity index (χ3v) is 2.32. The Kier molecular flexibility index (Phi) is 2.66. The fourth-order valence-electron chi connectivity index (χ4n) is 1.04. The molecule has 0 saturated carbocycles. The number of hydrogen-bond acceptors (Lipinski definition) is 0. The van der Waals surface area contributed by atoms with Crippen molar-refractivity contribution in [2.45, 2.75) is 13.3 Å². The van der Waals surface area contributed by atoms with Crippen LogP contribution >= 0.6 is 15.9 Å². The molecule has 0 bridgehead atoms. The van der Waals surface area contributed by atoms with E-state index in [0.29, 0.717) is 11.2 Å². The molecule has 0 aromatic heterocycles. The predicted octanol–water partition coefficient (Wildman–Crippen LogP) is 3.20. The van der Waals surface area contributed by atoms with E-state index in [-0.39, 0.29) is 5.83 Å². The van der Waals surface area contributed by atoms with Crippen LogP contribution < -0.4 is 0 Å². The Hall–Kier alpha value is -0.110. The molecule has 0 amide bonds. The summed E-state index contributed by atoms with van der Waals surface area (Å²) in [5, 5.41) is 0.660. The van der Waals surface area contributed by atoms with Gasteiger partial charge in [0.1, 0.15) is 5.83 Å². The van der Waals surface area contributed by atoms with Crippen LogP contribution in [0.5, 0.6) is 0 Å². The number of hydrogen-bond donors (Lipinski definition) is 0. The minimum atomic E-state index is -0.0602.